The number of carbonyl (C=O) groups excluding carboxylic acids is 1. The van der Waals surface area contributed by atoms with Gasteiger partial charge in [-0.25, -0.2) is 17.9 Å². The molecular weight excluding hydrogens is 459 g/mol. The van der Waals surface area contributed by atoms with Gasteiger partial charge in [0.15, 0.2) is 11.6 Å². The van der Waals surface area contributed by atoms with Crippen LogP contribution in [0.1, 0.15) is 26.0 Å². The predicted molar refractivity (Wildman–Crippen MR) is 127 cm³/mol. The Morgan fingerprint density at radius 2 is 1.77 bits per heavy atom. The number of halogens is 3. The second-order valence-electron chi connectivity index (χ2n) is 7.75. The summed E-state index contributed by atoms with van der Waals surface area (Å²) in [6, 6.07) is 14.1. The first-order valence-electron chi connectivity index (χ1n) is 10.5. The van der Waals surface area contributed by atoms with Crippen molar-refractivity contribution < 1.29 is 27.4 Å². The molecule has 1 heterocycles. The van der Waals surface area contributed by atoms with Crippen LogP contribution in [-0.4, -0.2) is 35.4 Å². The zero-order valence-electron chi connectivity index (χ0n) is 18.5. The molecule has 0 aliphatic carbocycles. The van der Waals surface area contributed by atoms with Crippen molar-refractivity contribution in [3.63, 3.8) is 0 Å². The van der Waals surface area contributed by atoms with Gasteiger partial charge in [-0.2, -0.15) is 5.10 Å². The molecular formula is C26H26F3N3O3. The summed E-state index contributed by atoms with van der Waals surface area (Å²) in [6.07, 6.45) is 0.822. The zero-order chi connectivity index (χ0) is 24.2. The maximum absolute atomic E-state index is 13.9. The van der Waals surface area contributed by atoms with Crippen molar-refractivity contribution in [2.24, 2.45) is 0 Å². The van der Waals surface area contributed by atoms with E-state index in [4.69, 9.17) is 9.47 Å². The normalized spacial score (nSPS) is 12.6. The molecule has 4 aromatic rings. The second-order valence-corrected chi connectivity index (χ2v) is 7.75. The molecule has 0 saturated heterocycles. The number of aromatic nitrogens is 2. The van der Waals surface area contributed by atoms with E-state index in [1.807, 2.05) is 0 Å². The minimum atomic E-state index is -1.02. The van der Waals surface area contributed by atoms with E-state index in [0.717, 1.165) is 23.0 Å². The second kappa shape index (κ2) is 11.1. The van der Waals surface area contributed by atoms with E-state index in [1.165, 1.54) is 25.3 Å². The summed E-state index contributed by atoms with van der Waals surface area (Å²) >= 11 is 0. The fourth-order valence-corrected chi connectivity index (χ4v) is 3.67. The summed E-state index contributed by atoms with van der Waals surface area (Å²) < 4.78 is 53.4. The first-order valence-corrected chi connectivity index (χ1v) is 10.5. The number of hydrogen-bond donors (Lipinski definition) is 1. The molecule has 0 saturated carbocycles. The van der Waals surface area contributed by atoms with Crippen molar-refractivity contribution in [2.75, 3.05) is 13.7 Å². The van der Waals surface area contributed by atoms with Crippen LogP contribution in [0.15, 0.2) is 66.9 Å². The Kier molecular flexibility index (Phi) is 8.14. The highest BCUT2D eigenvalue weighted by Gasteiger charge is 2.24. The van der Waals surface area contributed by atoms with Gasteiger partial charge < -0.3 is 14.8 Å². The van der Waals surface area contributed by atoms with E-state index >= 15 is 0 Å². The van der Waals surface area contributed by atoms with Gasteiger partial charge in [0.05, 0.1) is 23.4 Å². The summed E-state index contributed by atoms with van der Waals surface area (Å²) in [5.74, 6) is -2.27. The van der Waals surface area contributed by atoms with Gasteiger partial charge in [-0.1, -0.05) is 13.5 Å². The average Bonchev–Trinajstić information content (AvgIpc) is 3.23. The van der Waals surface area contributed by atoms with Crippen LogP contribution in [0.3, 0.4) is 0 Å². The highest BCUT2D eigenvalue weighted by atomic mass is 19.2. The number of rotatable bonds is 8. The van der Waals surface area contributed by atoms with Crippen molar-refractivity contribution in [1.82, 2.24) is 15.1 Å². The standard InChI is InChI=1S/C25H22F3N3O3.CH4/c1-15(30-24(32)14-33-2)25(16-3-9-21(27)22(28)12-16)34-20-8-10-23-17(11-20)13-29-31(23)19-6-4-18(26)5-7-19;/h3-13,15,25H,14H2,1-2H3,(H,30,32);1H4/t15-,25-;/m0./s1. The lowest BCUT2D eigenvalue weighted by molar-refractivity contribution is -0.126. The Labute approximate surface area is 201 Å². The molecule has 4 rings (SSSR count). The van der Waals surface area contributed by atoms with Crippen LogP contribution >= 0.6 is 0 Å². The van der Waals surface area contributed by atoms with Gasteiger partial charge in [0.2, 0.25) is 5.91 Å². The smallest absolute Gasteiger partial charge is 0.246 e. The molecule has 0 aliphatic rings. The maximum atomic E-state index is 13.9. The van der Waals surface area contributed by atoms with Crippen LogP contribution in [-0.2, 0) is 9.53 Å². The van der Waals surface area contributed by atoms with E-state index in [9.17, 15) is 18.0 Å². The number of ether oxygens (including phenoxy) is 2. The van der Waals surface area contributed by atoms with Crippen LogP contribution in [0.5, 0.6) is 5.75 Å². The van der Waals surface area contributed by atoms with E-state index in [1.54, 1.807) is 48.1 Å². The zero-order valence-corrected chi connectivity index (χ0v) is 18.5. The molecule has 6 nitrogen and oxygen atoms in total. The summed E-state index contributed by atoms with van der Waals surface area (Å²) in [7, 11) is 1.40. The molecule has 9 heteroatoms. The molecule has 0 aliphatic heterocycles. The SMILES string of the molecule is C.COCC(=O)N[C@@H](C)[C@H](Oc1ccc2c(cnn2-c2ccc(F)cc2)c1)c1ccc(F)c(F)c1. The number of amides is 1. The molecule has 0 radical (unpaired) electrons. The van der Waals surface area contributed by atoms with Crippen LogP contribution in [0.25, 0.3) is 16.6 Å². The quantitative estimate of drug-likeness (QED) is 0.365. The molecule has 0 spiro atoms. The number of methoxy groups -OCH3 is 1. The van der Waals surface area contributed by atoms with Gasteiger partial charge >= 0.3 is 0 Å². The van der Waals surface area contributed by atoms with Gasteiger partial charge in [-0.15, -0.1) is 0 Å². The Morgan fingerprint density at radius 3 is 2.46 bits per heavy atom. The van der Waals surface area contributed by atoms with Gasteiger partial charge in [-0.05, 0) is 67.1 Å². The molecule has 35 heavy (non-hydrogen) atoms. The van der Waals surface area contributed by atoms with Crippen LogP contribution in [0.4, 0.5) is 13.2 Å². The number of benzene rings is 3. The topological polar surface area (TPSA) is 65.4 Å². The maximum Gasteiger partial charge on any atom is 0.246 e. The lowest BCUT2D eigenvalue weighted by atomic mass is 10.0. The molecule has 184 valence electrons. The number of fused-ring (bicyclic) bond motifs is 1. The summed E-state index contributed by atoms with van der Waals surface area (Å²) in [6.45, 7) is 1.55. The van der Waals surface area contributed by atoms with E-state index in [-0.39, 0.29) is 25.8 Å². The number of nitrogens with zero attached hydrogens (tertiary/aromatic N) is 2. The first-order chi connectivity index (χ1) is 16.4. The largest absolute Gasteiger partial charge is 0.484 e. The molecule has 1 N–H and O–H groups in total. The Balaban J connectivity index is 0.00000342. The first kappa shape index (κ1) is 25.8. The van der Waals surface area contributed by atoms with Crippen LogP contribution < -0.4 is 10.1 Å². The Hall–Kier alpha value is -3.85. The molecule has 2 atom stereocenters. The lowest BCUT2D eigenvalue weighted by Crippen LogP contribution is -2.40. The number of hydrogen-bond acceptors (Lipinski definition) is 4. The Bertz CT molecular complexity index is 1310. The average molecular weight is 486 g/mol. The lowest BCUT2D eigenvalue weighted by Gasteiger charge is -2.26. The van der Waals surface area contributed by atoms with Crippen LogP contribution in [0, 0.1) is 17.5 Å². The van der Waals surface area contributed by atoms with Crippen molar-refractivity contribution in [2.45, 2.75) is 26.5 Å². The van der Waals surface area contributed by atoms with Crippen molar-refractivity contribution in [3.05, 3.63) is 89.9 Å². The van der Waals surface area contributed by atoms with E-state index in [2.05, 4.69) is 10.4 Å². The van der Waals surface area contributed by atoms with Gasteiger partial charge in [0, 0.05) is 12.5 Å². The molecule has 0 unspecified atom stereocenters. The molecule has 1 amide bonds. The summed E-state index contributed by atoms with van der Waals surface area (Å²) in [5, 5.41) is 7.87. The van der Waals surface area contributed by atoms with Crippen molar-refractivity contribution in [1.29, 1.82) is 0 Å². The van der Waals surface area contributed by atoms with Crippen molar-refractivity contribution >= 4 is 16.8 Å². The minimum Gasteiger partial charge on any atom is -0.484 e. The Morgan fingerprint density at radius 1 is 1.03 bits per heavy atom. The van der Waals surface area contributed by atoms with Crippen LogP contribution in [0.2, 0.25) is 0 Å². The van der Waals surface area contributed by atoms with E-state index < -0.39 is 23.8 Å². The highest BCUT2D eigenvalue weighted by molar-refractivity contribution is 5.81. The van der Waals surface area contributed by atoms with Crippen molar-refractivity contribution in [3.8, 4) is 11.4 Å². The number of carbonyl (C=O) groups is 1. The number of nitrogens with one attached hydrogen (secondary N) is 1. The molecule has 3 aromatic carbocycles. The summed E-state index contributed by atoms with van der Waals surface area (Å²) in [4.78, 5) is 12.0. The summed E-state index contributed by atoms with van der Waals surface area (Å²) in [5.41, 5.74) is 1.82. The van der Waals surface area contributed by atoms with Gasteiger partial charge in [0.25, 0.3) is 0 Å². The third-order valence-electron chi connectivity index (χ3n) is 5.26. The highest BCUT2D eigenvalue weighted by Crippen LogP contribution is 2.29. The molecule has 0 fully saturated rings. The fraction of sp³-hybridized carbons (Fsp3) is 0.231. The van der Waals surface area contributed by atoms with Gasteiger partial charge in [0.1, 0.15) is 24.3 Å². The third-order valence-corrected chi connectivity index (χ3v) is 5.26. The molecule has 0 bridgehead atoms. The minimum absolute atomic E-state index is 0. The third kappa shape index (κ3) is 5.81. The fourth-order valence-electron chi connectivity index (χ4n) is 3.67. The van der Waals surface area contributed by atoms with E-state index in [0.29, 0.717) is 17.0 Å². The molecule has 1 aromatic heterocycles. The monoisotopic (exact) mass is 485 g/mol. The van der Waals surface area contributed by atoms with Gasteiger partial charge in [-0.3, -0.25) is 4.79 Å². The predicted octanol–water partition coefficient (Wildman–Crippen LogP) is 5.35.